The van der Waals surface area contributed by atoms with Crippen LogP contribution in [0.25, 0.3) is 0 Å². The number of nitrogens with two attached hydrogens (primary N) is 1. The lowest BCUT2D eigenvalue weighted by Crippen LogP contribution is -2.40. The van der Waals surface area contributed by atoms with Crippen molar-refractivity contribution in [3.63, 3.8) is 0 Å². The largest absolute Gasteiger partial charge is 0.464 e. The zero-order valence-electron chi connectivity index (χ0n) is 13.3. The fourth-order valence-corrected chi connectivity index (χ4v) is 2.97. The lowest BCUT2D eigenvalue weighted by molar-refractivity contribution is 0.0595. The minimum Gasteiger partial charge on any atom is -0.464 e. The number of piperidine rings is 1. The molecule has 1 unspecified atom stereocenters. The minimum atomic E-state index is -0.466. The number of ether oxygens (including phenoxy) is 1. The van der Waals surface area contributed by atoms with E-state index in [9.17, 15) is 4.79 Å². The molecule has 1 saturated heterocycles. The molecule has 0 aromatic carbocycles. The topological polar surface area (TPSA) is 73.4 Å². The summed E-state index contributed by atoms with van der Waals surface area (Å²) in [5.74, 6) is 0.797. The average molecular weight is 294 g/mol. The smallest absolute Gasteiger partial charge is 0.360 e. The van der Waals surface area contributed by atoms with E-state index in [4.69, 9.17) is 10.5 Å². The Balaban J connectivity index is 2.18. The highest BCUT2D eigenvalue weighted by Gasteiger charge is 2.23. The molecule has 2 rings (SSSR count). The molecule has 0 radical (unpaired) electrons. The quantitative estimate of drug-likeness (QED) is 0.837. The van der Waals surface area contributed by atoms with Crippen LogP contribution < -0.4 is 5.73 Å². The summed E-state index contributed by atoms with van der Waals surface area (Å²) in [6.07, 6.45) is 4.59. The molecule has 0 aliphatic carbocycles. The number of aryl methyl sites for hydroxylation is 1. The highest BCUT2D eigenvalue weighted by atomic mass is 16.5. The lowest BCUT2D eigenvalue weighted by atomic mass is 10.1. The van der Waals surface area contributed by atoms with Crippen molar-refractivity contribution >= 4 is 11.8 Å². The van der Waals surface area contributed by atoms with Crippen LogP contribution in [-0.4, -0.2) is 46.7 Å². The maximum Gasteiger partial charge on any atom is 0.360 e. The number of carbonyl (C=O) groups excluding carboxylic acids is 1. The van der Waals surface area contributed by atoms with Gasteiger partial charge in [-0.3, -0.25) is 4.90 Å². The van der Waals surface area contributed by atoms with E-state index in [2.05, 4.69) is 16.8 Å². The summed E-state index contributed by atoms with van der Waals surface area (Å²) in [5.41, 5.74) is 6.35. The lowest BCUT2D eigenvalue weighted by Gasteiger charge is -2.33. The highest BCUT2D eigenvalue weighted by Crippen LogP contribution is 2.19. The Morgan fingerprint density at radius 2 is 2.05 bits per heavy atom. The van der Waals surface area contributed by atoms with Crippen molar-refractivity contribution in [2.45, 2.75) is 52.1 Å². The van der Waals surface area contributed by atoms with E-state index >= 15 is 0 Å². The number of nitrogen functional groups attached to an aromatic ring is 1. The molecule has 1 aliphatic rings. The van der Waals surface area contributed by atoms with Crippen LogP contribution in [0.2, 0.25) is 0 Å². The van der Waals surface area contributed by atoms with E-state index in [1.807, 2.05) is 11.5 Å². The first kappa shape index (κ1) is 15.8. The van der Waals surface area contributed by atoms with Crippen LogP contribution in [0.4, 0.5) is 5.82 Å². The molecule has 0 bridgehead atoms. The average Bonchev–Trinajstić information content (AvgIpc) is 2.84. The number of anilines is 1. The molecule has 2 heterocycles. The summed E-state index contributed by atoms with van der Waals surface area (Å²) in [5, 5.41) is 0. The van der Waals surface area contributed by atoms with Gasteiger partial charge in [-0.05, 0) is 32.9 Å². The van der Waals surface area contributed by atoms with Crippen molar-refractivity contribution in [3.8, 4) is 0 Å². The van der Waals surface area contributed by atoms with Gasteiger partial charge in [0.2, 0.25) is 0 Å². The number of methoxy groups -OCH3 is 1. The summed E-state index contributed by atoms with van der Waals surface area (Å²) in [6, 6.07) is 0.387. The second-order valence-corrected chi connectivity index (χ2v) is 5.66. The zero-order valence-corrected chi connectivity index (χ0v) is 13.3. The van der Waals surface area contributed by atoms with Gasteiger partial charge in [0.25, 0.3) is 0 Å². The van der Waals surface area contributed by atoms with Crippen molar-refractivity contribution in [2.24, 2.45) is 0 Å². The molecule has 0 amide bonds. The van der Waals surface area contributed by atoms with Crippen LogP contribution in [0, 0.1) is 0 Å². The molecule has 6 nitrogen and oxygen atoms in total. The summed E-state index contributed by atoms with van der Waals surface area (Å²) in [6.45, 7) is 7.27. The fourth-order valence-electron chi connectivity index (χ4n) is 2.97. The molecule has 0 spiro atoms. The number of nitrogens with zero attached hydrogens (tertiary/aromatic N) is 3. The maximum atomic E-state index is 11.7. The van der Waals surface area contributed by atoms with Crippen molar-refractivity contribution in [3.05, 3.63) is 11.5 Å². The van der Waals surface area contributed by atoms with Gasteiger partial charge in [0.05, 0.1) is 7.11 Å². The molecule has 1 aromatic rings. The number of carbonyl (C=O) groups is 1. The number of imidazole rings is 1. The van der Waals surface area contributed by atoms with Crippen molar-refractivity contribution in [2.75, 3.05) is 25.9 Å². The van der Waals surface area contributed by atoms with E-state index < -0.39 is 5.97 Å². The van der Waals surface area contributed by atoms with E-state index in [-0.39, 0.29) is 5.69 Å². The molecule has 21 heavy (non-hydrogen) atoms. The van der Waals surface area contributed by atoms with E-state index in [0.717, 1.165) is 31.9 Å². The SMILES string of the molecule is CCc1nc(C(=O)OC)c(N)n1CC(C)N1CCCCC1. The number of hydrogen-bond donors (Lipinski definition) is 1. The molecule has 1 fully saturated rings. The molecule has 6 heteroatoms. The third-order valence-electron chi connectivity index (χ3n) is 4.24. The predicted octanol–water partition coefficient (Wildman–Crippen LogP) is 1.69. The molecule has 1 aliphatic heterocycles. The first-order valence-electron chi connectivity index (χ1n) is 7.75. The molecule has 1 aromatic heterocycles. The second kappa shape index (κ2) is 6.93. The van der Waals surface area contributed by atoms with Crippen molar-refractivity contribution in [1.82, 2.24) is 14.5 Å². The number of likely N-dealkylation sites (tertiary alicyclic amines) is 1. The Labute approximate surface area is 126 Å². The van der Waals surface area contributed by atoms with Crippen LogP contribution in [0.15, 0.2) is 0 Å². The normalized spacial score (nSPS) is 17.7. The number of esters is 1. The number of aromatic nitrogens is 2. The van der Waals surface area contributed by atoms with Crippen LogP contribution in [0.5, 0.6) is 0 Å². The van der Waals surface area contributed by atoms with Crippen molar-refractivity contribution in [1.29, 1.82) is 0 Å². The van der Waals surface area contributed by atoms with Gasteiger partial charge in [-0.15, -0.1) is 0 Å². The van der Waals surface area contributed by atoms with Gasteiger partial charge in [-0.1, -0.05) is 13.3 Å². The summed E-state index contributed by atoms with van der Waals surface area (Å²) >= 11 is 0. The monoisotopic (exact) mass is 294 g/mol. The molecule has 1 atom stereocenters. The standard InChI is InChI=1S/C15H26N4O2/c1-4-12-17-13(15(20)21-3)14(16)19(12)10-11(2)18-8-6-5-7-9-18/h11H,4-10,16H2,1-3H3. The van der Waals surface area contributed by atoms with Crippen LogP contribution in [0.1, 0.15) is 49.4 Å². The maximum absolute atomic E-state index is 11.7. The van der Waals surface area contributed by atoms with Gasteiger partial charge in [0.1, 0.15) is 11.6 Å². The van der Waals surface area contributed by atoms with Gasteiger partial charge in [-0.2, -0.15) is 0 Å². The molecular weight excluding hydrogens is 268 g/mol. The Hall–Kier alpha value is -1.56. The molecular formula is C15H26N4O2. The summed E-state index contributed by atoms with van der Waals surface area (Å²) in [4.78, 5) is 18.5. The van der Waals surface area contributed by atoms with E-state index in [1.54, 1.807) is 0 Å². The number of rotatable bonds is 5. The zero-order chi connectivity index (χ0) is 15.4. The first-order chi connectivity index (χ1) is 10.1. The summed E-state index contributed by atoms with van der Waals surface area (Å²) < 4.78 is 6.71. The number of hydrogen-bond acceptors (Lipinski definition) is 5. The van der Waals surface area contributed by atoms with E-state index in [0.29, 0.717) is 11.9 Å². The molecule has 0 saturated carbocycles. The second-order valence-electron chi connectivity index (χ2n) is 5.66. The fraction of sp³-hybridized carbons (Fsp3) is 0.733. The van der Waals surface area contributed by atoms with Gasteiger partial charge in [0, 0.05) is 19.0 Å². The molecule has 118 valence electrons. The van der Waals surface area contributed by atoms with Gasteiger partial charge < -0.3 is 15.0 Å². The van der Waals surface area contributed by atoms with Gasteiger partial charge in [0.15, 0.2) is 5.69 Å². The third kappa shape index (κ3) is 3.37. The Kier molecular flexibility index (Phi) is 5.22. The summed E-state index contributed by atoms with van der Waals surface area (Å²) in [7, 11) is 1.35. The predicted molar refractivity (Wildman–Crippen MR) is 82.2 cm³/mol. The minimum absolute atomic E-state index is 0.236. The van der Waals surface area contributed by atoms with Crippen LogP contribution >= 0.6 is 0 Å². The molecule has 2 N–H and O–H groups in total. The Bertz CT molecular complexity index is 492. The van der Waals surface area contributed by atoms with E-state index in [1.165, 1.54) is 26.4 Å². The van der Waals surface area contributed by atoms with Gasteiger partial charge in [-0.25, -0.2) is 9.78 Å². The van der Waals surface area contributed by atoms with Crippen molar-refractivity contribution < 1.29 is 9.53 Å². The van der Waals surface area contributed by atoms with Crippen LogP contribution in [-0.2, 0) is 17.7 Å². The van der Waals surface area contributed by atoms with Crippen LogP contribution in [0.3, 0.4) is 0 Å². The van der Waals surface area contributed by atoms with Gasteiger partial charge >= 0.3 is 5.97 Å². The Morgan fingerprint density at radius 1 is 1.38 bits per heavy atom. The third-order valence-corrected chi connectivity index (χ3v) is 4.24. The first-order valence-corrected chi connectivity index (χ1v) is 7.75. The Morgan fingerprint density at radius 3 is 2.62 bits per heavy atom. The highest BCUT2D eigenvalue weighted by molar-refractivity contribution is 5.92.